The van der Waals surface area contributed by atoms with E-state index in [9.17, 15) is 25.1 Å². The number of amides is 1. The van der Waals surface area contributed by atoms with E-state index in [0.29, 0.717) is 6.42 Å². The van der Waals surface area contributed by atoms with Gasteiger partial charge in [0.2, 0.25) is 0 Å². The number of hydrogen-bond donors (Lipinski definition) is 3. The Bertz CT molecular complexity index is 764. The van der Waals surface area contributed by atoms with Crippen LogP contribution in [0.1, 0.15) is 15.9 Å². The lowest BCUT2D eigenvalue weighted by Crippen LogP contribution is -2.26. The van der Waals surface area contributed by atoms with E-state index in [-0.39, 0.29) is 34.3 Å². The van der Waals surface area contributed by atoms with E-state index < -0.39 is 10.8 Å². The van der Waals surface area contributed by atoms with Gasteiger partial charge < -0.3 is 15.5 Å². The van der Waals surface area contributed by atoms with Gasteiger partial charge >= 0.3 is 0 Å². The zero-order valence-electron chi connectivity index (χ0n) is 11.8. The molecule has 0 aliphatic rings. The van der Waals surface area contributed by atoms with Crippen molar-refractivity contribution in [2.75, 3.05) is 6.54 Å². The maximum atomic E-state index is 12.0. The third-order valence-electron chi connectivity index (χ3n) is 3.15. The van der Waals surface area contributed by atoms with Crippen molar-refractivity contribution in [3.63, 3.8) is 0 Å². The molecule has 0 saturated carbocycles. The highest BCUT2D eigenvalue weighted by atomic mass is 35.5. The van der Waals surface area contributed by atoms with Gasteiger partial charge in [-0.1, -0.05) is 17.7 Å². The molecule has 0 aliphatic carbocycles. The first-order valence-electron chi connectivity index (χ1n) is 6.61. The zero-order chi connectivity index (χ0) is 17.0. The molecule has 3 N–H and O–H groups in total. The lowest BCUT2D eigenvalue weighted by Gasteiger charge is -2.07. The van der Waals surface area contributed by atoms with Gasteiger partial charge in [0, 0.05) is 18.7 Å². The minimum absolute atomic E-state index is 0.000946. The Labute approximate surface area is 136 Å². The second-order valence-electron chi connectivity index (χ2n) is 4.75. The predicted molar refractivity (Wildman–Crippen MR) is 83.9 cm³/mol. The second kappa shape index (κ2) is 6.97. The first-order valence-corrected chi connectivity index (χ1v) is 6.99. The fraction of sp³-hybridized carbons (Fsp3) is 0.133. The summed E-state index contributed by atoms with van der Waals surface area (Å²) in [6.07, 6.45) is 0.435. The molecule has 0 bridgehead atoms. The van der Waals surface area contributed by atoms with Crippen molar-refractivity contribution in [3.05, 3.63) is 62.7 Å². The Morgan fingerprint density at radius 1 is 1.17 bits per heavy atom. The van der Waals surface area contributed by atoms with E-state index in [2.05, 4.69) is 5.32 Å². The van der Waals surface area contributed by atoms with Gasteiger partial charge in [-0.25, -0.2) is 0 Å². The average Bonchev–Trinajstić information content (AvgIpc) is 2.50. The Balaban J connectivity index is 1.97. The molecular formula is C15H13ClN2O5. The average molecular weight is 337 g/mol. The number of aromatic hydroxyl groups is 2. The van der Waals surface area contributed by atoms with Crippen molar-refractivity contribution in [3.8, 4) is 11.5 Å². The molecule has 0 atom stereocenters. The maximum absolute atomic E-state index is 12.0. The number of carbonyl (C=O) groups is 1. The van der Waals surface area contributed by atoms with Gasteiger partial charge in [0.1, 0.15) is 0 Å². The van der Waals surface area contributed by atoms with Crippen molar-refractivity contribution in [2.24, 2.45) is 0 Å². The molecular weight excluding hydrogens is 324 g/mol. The fourth-order valence-corrected chi connectivity index (χ4v) is 2.20. The van der Waals surface area contributed by atoms with Gasteiger partial charge in [-0.2, -0.15) is 0 Å². The van der Waals surface area contributed by atoms with E-state index in [1.54, 1.807) is 6.07 Å². The van der Waals surface area contributed by atoms with Gasteiger partial charge in [-0.05, 0) is 30.2 Å². The lowest BCUT2D eigenvalue weighted by atomic mass is 10.1. The summed E-state index contributed by atoms with van der Waals surface area (Å²) in [7, 11) is 0. The van der Waals surface area contributed by atoms with Crippen LogP contribution in [0, 0.1) is 10.1 Å². The van der Waals surface area contributed by atoms with E-state index in [0.717, 1.165) is 11.6 Å². The summed E-state index contributed by atoms with van der Waals surface area (Å²) in [5.41, 5.74) is 0.687. The van der Waals surface area contributed by atoms with Crippen LogP contribution in [0.2, 0.25) is 5.02 Å². The number of nitro groups is 1. The minimum atomic E-state index is -0.592. The first-order chi connectivity index (χ1) is 10.9. The highest BCUT2D eigenvalue weighted by Gasteiger charge is 2.14. The molecule has 0 fully saturated rings. The third-order valence-corrected chi connectivity index (χ3v) is 3.46. The molecule has 120 valence electrons. The minimum Gasteiger partial charge on any atom is -0.504 e. The number of nitrogens with zero attached hydrogens (tertiary/aromatic N) is 1. The van der Waals surface area contributed by atoms with Gasteiger partial charge in [0.05, 0.1) is 15.5 Å². The number of phenols is 2. The number of hydrogen-bond acceptors (Lipinski definition) is 5. The quantitative estimate of drug-likeness (QED) is 0.441. The van der Waals surface area contributed by atoms with Crippen LogP contribution in [0.25, 0.3) is 0 Å². The number of benzene rings is 2. The molecule has 2 aromatic rings. The van der Waals surface area contributed by atoms with Crippen molar-refractivity contribution in [1.29, 1.82) is 0 Å². The van der Waals surface area contributed by atoms with Crippen molar-refractivity contribution in [1.82, 2.24) is 5.32 Å². The number of nitrogens with one attached hydrogen (secondary N) is 1. The summed E-state index contributed by atoms with van der Waals surface area (Å²) < 4.78 is 0. The first kappa shape index (κ1) is 16.6. The number of rotatable bonds is 5. The van der Waals surface area contributed by atoms with Crippen LogP contribution in [0.4, 0.5) is 5.69 Å². The monoisotopic (exact) mass is 336 g/mol. The van der Waals surface area contributed by atoms with E-state index in [4.69, 9.17) is 11.6 Å². The maximum Gasteiger partial charge on any atom is 0.270 e. The zero-order valence-corrected chi connectivity index (χ0v) is 12.6. The van der Waals surface area contributed by atoms with E-state index in [1.165, 1.54) is 24.3 Å². The summed E-state index contributed by atoms with van der Waals surface area (Å²) in [5.74, 6) is -0.893. The topological polar surface area (TPSA) is 113 Å². The predicted octanol–water partition coefficient (Wildman–Crippen LogP) is 2.63. The molecule has 23 heavy (non-hydrogen) atoms. The number of non-ortho nitro benzene ring substituents is 1. The Hall–Kier alpha value is -2.80. The number of halogens is 1. The molecule has 1 amide bonds. The second-order valence-corrected chi connectivity index (χ2v) is 5.16. The molecule has 2 rings (SSSR count). The smallest absolute Gasteiger partial charge is 0.270 e. The summed E-state index contributed by atoms with van der Waals surface area (Å²) in [4.78, 5) is 22.0. The normalized spacial score (nSPS) is 10.3. The van der Waals surface area contributed by atoms with Crippen LogP contribution < -0.4 is 5.32 Å². The van der Waals surface area contributed by atoms with Crippen molar-refractivity contribution in [2.45, 2.75) is 6.42 Å². The molecule has 0 aliphatic heterocycles. The van der Waals surface area contributed by atoms with Crippen molar-refractivity contribution >= 4 is 23.2 Å². The number of nitro benzene ring substituents is 1. The Morgan fingerprint density at radius 3 is 2.52 bits per heavy atom. The van der Waals surface area contributed by atoms with Gasteiger partial charge in [-0.3, -0.25) is 14.9 Å². The van der Waals surface area contributed by atoms with E-state index in [1.807, 2.05) is 0 Å². The largest absolute Gasteiger partial charge is 0.504 e. The number of carbonyl (C=O) groups excluding carboxylic acids is 1. The number of phenolic OH excluding ortho intramolecular Hbond substituents is 2. The molecule has 0 aromatic heterocycles. The van der Waals surface area contributed by atoms with E-state index >= 15 is 0 Å². The summed E-state index contributed by atoms with van der Waals surface area (Å²) >= 11 is 5.88. The van der Waals surface area contributed by atoms with Crippen LogP contribution in [-0.4, -0.2) is 27.6 Å². The summed E-state index contributed by atoms with van der Waals surface area (Å²) in [6.45, 7) is 0.274. The molecule has 0 heterocycles. The standard InChI is InChI=1S/C15H13ClN2O5/c16-12-8-10(18(22)23)2-3-11(12)15(21)17-6-5-9-1-4-13(19)14(20)7-9/h1-4,7-8,19-20H,5-6H2,(H,17,21). The Morgan fingerprint density at radius 2 is 1.91 bits per heavy atom. The molecule has 0 saturated heterocycles. The summed E-state index contributed by atoms with van der Waals surface area (Å²) in [5, 5.41) is 31.9. The van der Waals surface area contributed by atoms with Crippen LogP contribution in [0.3, 0.4) is 0 Å². The molecule has 0 spiro atoms. The van der Waals surface area contributed by atoms with Crippen LogP contribution >= 0.6 is 11.6 Å². The molecule has 0 unspecified atom stereocenters. The van der Waals surface area contributed by atoms with Crippen LogP contribution in [-0.2, 0) is 6.42 Å². The Kier molecular flexibility index (Phi) is 5.02. The molecule has 7 nitrogen and oxygen atoms in total. The third kappa shape index (κ3) is 4.10. The van der Waals surface area contributed by atoms with Gasteiger partial charge in [-0.15, -0.1) is 0 Å². The highest BCUT2D eigenvalue weighted by Crippen LogP contribution is 2.25. The summed E-state index contributed by atoms with van der Waals surface area (Å²) in [6, 6.07) is 8.01. The van der Waals surface area contributed by atoms with Gasteiger partial charge in [0.15, 0.2) is 11.5 Å². The van der Waals surface area contributed by atoms with Crippen molar-refractivity contribution < 1.29 is 19.9 Å². The molecule has 8 heteroatoms. The fourth-order valence-electron chi connectivity index (χ4n) is 1.94. The van der Waals surface area contributed by atoms with Crippen LogP contribution in [0.15, 0.2) is 36.4 Å². The van der Waals surface area contributed by atoms with Crippen LogP contribution in [0.5, 0.6) is 11.5 Å². The highest BCUT2D eigenvalue weighted by molar-refractivity contribution is 6.34. The van der Waals surface area contributed by atoms with Gasteiger partial charge in [0.25, 0.3) is 11.6 Å². The molecule has 0 radical (unpaired) electrons. The molecule has 2 aromatic carbocycles. The SMILES string of the molecule is O=C(NCCc1ccc(O)c(O)c1)c1ccc([N+](=O)[O-])cc1Cl. The lowest BCUT2D eigenvalue weighted by molar-refractivity contribution is -0.384.